The molecule has 3 rings (SSSR count). The van der Waals surface area contributed by atoms with Gasteiger partial charge in [0.1, 0.15) is 5.75 Å². The fraction of sp³-hybridized carbons (Fsp3) is 0.500. The molecule has 18 heavy (non-hydrogen) atoms. The lowest BCUT2D eigenvalue weighted by molar-refractivity contribution is 0.0689. The molecule has 1 aromatic carbocycles. The predicted octanol–water partition coefficient (Wildman–Crippen LogP) is 1.36. The Morgan fingerprint density at radius 1 is 1.50 bits per heavy atom. The second-order valence-electron chi connectivity index (χ2n) is 4.79. The van der Waals surface area contributed by atoms with Gasteiger partial charge < -0.3 is 15.0 Å². The minimum absolute atomic E-state index is 0.128. The molecule has 0 aromatic heterocycles. The van der Waals surface area contributed by atoms with Crippen LogP contribution in [0.15, 0.2) is 12.1 Å². The maximum atomic E-state index is 12.5. The molecule has 0 radical (unpaired) electrons. The molecule has 1 atom stereocenters. The van der Waals surface area contributed by atoms with Crippen LogP contribution < -0.4 is 10.1 Å². The number of carbonyl (C=O) groups is 1. The Kier molecular flexibility index (Phi) is 2.74. The molecule has 1 amide bonds. The van der Waals surface area contributed by atoms with Gasteiger partial charge in [-0.25, -0.2) is 0 Å². The lowest BCUT2D eigenvalue weighted by Crippen LogP contribution is -2.44. The van der Waals surface area contributed by atoms with Crippen molar-refractivity contribution < 1.29 is 9.53 Å². The van der Waals surface area contributed by atoms with Gasteiger partial charge in [0.05, 0.1) is 18.7 Å². The van der Waals surface area contributed by atoms with E-state index < -0.39 is 0 Å². The Bertz CT molecular complexity index is 499. The van der Waals surface area contributed by atoms with Gasteiger partial charge in [-0.1, -0.05) is 19.1 Å². The van der Waals surface area contributed by atoms with Gasteiger partial charge >= 0.3 is 0 Å². The van der Waals surface area contributed by atoms with Gasteiger partial charge in [0.25, 0.3) is 5.91 Å². The highest BCUT2D eigenvalue weighted by Gasteiger charge is 2.40. The van der Waals surface area contributed by atoms with Gasteiger partial charge in [-0.3, -0.25) is 4.79 Å². The van der Waals surface area contributed by atoms with E-state index in [0.717, 1.165) is 48.5 Å². The van der Waals surface area contributed by atoms with Crippen LogP contribution in [0.25, 0.3) is 0 Å². The average Bonchev–Trinajstić information content (AvgIpc) is 2.72. The van der Waals surface area contributed by atoms with Crippen LogP contribution in [0.4, 0.5) is 0 Å². The van der Waals surface area contributed by atoms with Crippen molar-refractivity contribution in [2.45, 2.75) is 19.4 Å². The summed E-state index contributed by atoms with van der Waals surface area (Å²) in [5.74, 6) is 0.901. The molecule has 96 valence electrons. The highest BCUT2D eigenvalue weighted by atomic mass is 16.5. The van der Waals surface area contributed by atoms with Gasteiger partial charge in [0.2, 0.25) is 0 Å². The van der Waals surface area contributed by atoms with Crippen molar-refractivity contribution in [2.75, 3.05) is 26.7 Å². The molecule has 1 N–H and O–H groups in total. The van der Waals surface area contributed by atoms with Crippen LogP contribution in [0.1, 0.15) is 34.5 Å². The molecule has 1 fully saturated rings. The van der Waals surface area contributed by atoms with Crippen LogP contribution in [0.5, 0.6) is 5.75 Å². The molecule has 0 bridgehead atoms. The van der Waals surface area contributed by atoms with Crippen molar-refractivity contribution in [3.05, 3.63) is 28.8 Å². The minimum atomic E-state index is 0.128. The first-order valence-corrected chi connectivity index (χ1v) is 6.49. The number of ether oxygens (including phenoxy) is 1. The van der Waals surface area contributed by atoms with E-state index in [4.69, 9.17) is 4.74 Å². The molecule has 4 nitrogen and oxygen atoms in total. The summed E-state index contributed by atoms with van der Waals surface area (Å²) in [6, 6.07) is 4.36. The van der Waals surface area contributed by atoms with Gasteiger partial charge in [-0.2, -0.15) is 0 Å². The minimum Gasteiger partial charge on any atom is -0.496 e. The topological polar surface area (TPSA) is 41.6 Å². The Morgan fingerprint density at radius 3 is 3.06 bits per heavy atom. The van der Waals surface area contributed by atoms with Gasteiger partial charge in [0, 0.05) is 19.6 Å². The summed E-state index contributed by atoms with van der Waals surface area (Å²) >= 11 is 0. The van der Waals surface area contributed by atoms with E-state index >= 15 is 0 Å². The van der Waals surface area contributed by atoms with Crippen LogP contribution in [0.3, 0.4) is 0 Å². The monoisotopic (exact) mass is 246 g/mol. The summed E-state index contributed by atoms with van der Waals surface area (Å²) in [6.45, 7) is 4.58. The summed E-state index contributed by atoms with van der Waals surface area (Å²) in [5.41, 5.74) is 3.00. The number of methoxy groups -OCH3 is 1. The number of hydrogen-bond acceptors (Lipinski definition) is 3. The normalized spacial score (nSPS) is 21.8. The number of rotatable bonds is 2. The number of amides is 1. The highest BCUT2D eigenvalue weighted by molar-refractivity contribution is 6.02. The number of fused-ring (bicyclic) bond motifs is 3. The zero-order valence-corrected chi connectivity index (χ0v) is 10.8. The van der Waals surface area contributed by atoms with Crippen molar-refractivity contribution in [1.29, 1.82) is 0 Å². The maximum Gasteiger partial charge on any atom is 0.258 e. The highest BCUT2D eigenvalue weighted by Crippen LogP contribution is 2.40. The fourth-order valence-corrected chi connectivity index (χ4v) is 3.02. The molecule has 1 saturated heterocycles. The zero-order chi connectivity index (χ0) is 12.7. The molecular weight excluding hydrogens is 228 g/mol. The molecule has 0 unspecified atom stereocenters. The first-order valence-electron chi connectivity index (χ1n) is 6.49. The van der Waals surface area contributed by atoms with Crippen molar-refractivity contribution in [1.82, 2.24) is 10.2 Å². The number of carbonyl (C=O) groups excluding carboxylic acids is 1. The molecule has 2 aliphatic heterocycles. The molecule has 4 heteroatoms. The van der Waals surface area contributed by atoms with Gasteiger partial charge in [0.15, 0.2) is 0 Å². The first kappa shape index (κ1) is 11.5. The van der Waals surface area contributed by atoms with E-state index in [0.29, 0.717) is 0 Å². The summed E-state index contributed by atoms with van der Waals surface area (Å²) in [5, 5.41) is 3.35. The number of nitrogens with one attached hydrogen (secondary N) is 1. The van der Waals surface area contributed by atoms with Crippen LogP contribution in [-0.2, 0) is 6.42 Å². The average molecular weight is 246 g/mol. The molecule has 0 saturated carbocycles. The lowest BCUT2D eigenvalue weighted by Gasteiger charge is -2.30. The third-order valence-electron chi connectivity index (χ3n) is 3.93. The number of nitrogens with zero attached hydrogens (tertiary/aromatic N) is 1. The summed E-state index contributed by atoms with van der Waals surface area (Å²) in [7, 11) is 1.65. The quantitative estimate of drug-likeness (QED) is 0.856. The van der Waals surface area contributed by atoms with E-state index in [1.54, 1.807) is 7.11 Å². The van der Waals surface area contributed by atoms with E-state index in [9.17, 15) is 4.79 Å². The van der Waals surface area contributed by atoms with Crippen molar-refractivity contribution in [3.63, 3.8) is 0 Å². The largest absolute Gasteiger partial charge is 0.496 e. The van der Waals surface area contributed by atoms with Crippen LogP contribution in [0.2, 0.25) is 0 Å². The smallest absolute Gasteiger partial charge is 0.258 e. The second kappa shape index (κ2) is 4.28. The third-order valence-corrected chi connectivity index (χ3v) is 3.93. The van der Waals surface area contributed by atoms with Crippen LogP contribution in [0, 0.1) is 0 Å². The Balaban J connectivity index is 2.15. The van der Waals surface area contributed by atoms with Crippen LogP contribution in [-0.4, -0.2) is 37.6 Å². The maximum absolute atomic E-state index is 12.5. The van der Waals surface area contributed by atoms with E-state index in [1.165, 1.54) is 0 Å². The summed E-state index contributed by atoms with van der Waals surface area (Å²) < 4.78 is 5.49. The van der Waals surface area contributed by atoms with E-state index in [2.05, 4.69) is 24.4 Å². The SMILES string of the molecule is CCc1ccc2c(c1OC)C(=O)N1CCNC[C@H]21. The lowest BCUT2D eigenvalue weighted by atomic mass is 9.98. The van der Waals surface area contributed by atoms with Gasteiger partial charge in [-0.15, -0.1) is 0 Å². The summed E-state index contributed by atoms with van der Waals surface area (Å²) in [4.78, 5) is 14.5. The Hall–Kier alpha value is -1.55. The number of hydrogen-bond donors (Lipinski definition) is 1. The molecule has 0 spiro atoms. The van der Waals surface area contributed by atoms with Crippen molar-refractivity contribution in [2.24, 2.45) is 0 Å². The molecule has 2 aliphatic rings. The van der Waals surface area contributed by atoms with E-state index in [-0.39, 0.29) is 11.9 Å². The Labute approximate surface area is 107 Å². The predicted molar refractivity (Wildman–Crippen MR) is 69.0 cm³/mol. The van der Waals surface area contributed by atoms with E-state index in [1.807, 2.05) is 4.90 Å². The number of piperazine rings is 1. The molecule has 2 heterocycles. The first-order chi connectivity index (χ1) is 8.77. The second-order valence-corrected chi connectivity index (χ2v) is 4.79. The number of aryl methyl sites for hydroxylation is 1. The molecule has 0 aliphatic carbocycles. The zero-order valence-electron chi connectivity index (χ0n) is 10.8. The standard InChI is InChI=1S/C14H18N2O2/c1-3-9-4-5-10-11-8-15-6-7-16(11)14(17)12(10)13(9)18-2/h4-5,11,15H,3,6-8H2,1-2H3/t11-/m1/s1. The summed E-state index contributed by atoms with van der Waals surface area (Å²) in [6.07, 6.45) is 0.882. The molecular formula is C14H18N2O2. The van der Waals surface area contributed by atoms with Gasteiger partial charge in [-0.05, 0) is 17.5 Å². The fourth-order valence-electron chi connectivity index (χ4n) is 3.02. The molecule has 1 aromatic rings. The van der Waals surface area contributed by atoms with Crippen molar-refractivity contribution >= 4 is 5.91 Å². The number of benzene rings is 1. The third kappa shape index (κ3) is 1.45. The Morgan fingerprint density at radius 2 is 2.33 bits per heavy atom. The van der Waals surface area contributed by atoms with Crippen LogP contribution >= 0.6 is 0 Å². The van der Waals surface area contributed by atoms with Crippen molar-refractivity contribution in [3.8, 4) is 5.75 Å².